The molecule has 7 nitrogen and oxygen atoms in total. The standard InChI is InChI=1S/C24H21N5O2S/c1-16-27-22(18-5-6-21-23(12-18)32-15-26-21)13-24(28-16)25-9-7-17-3-2-4-20(11-17)30-14-19-8-10-31-29-19/h2-6,8,10-13,15H,7,9,14H2,1H3,(H,25,27,28). The Labute approximate surface area is 189 Å². The number of fused-ring (bicyclic) bond motifs is 1. The molecule has 0 radical (unpaired) electrons. The van der Waals surface area contributed by atoms with Crippen LogP contribution in [0.4, 0.5) is 5.82 Å². The van der Waals surface area contributed by atoms with Crippen molar-refractivity contribution < 1.29 is 9.26 Å². The number of hydrogen-bond donors (Lipinski definition) is 1. The molecule has 3 heterocycles. The molecule has 0 saturated carbocycles. The van der Waals surface area contributed by atoms with E-state index in [0.29, 0.717) is 6.61 Å². The summed E-state index contributed by atoms with van der Waals surface area (Å²) in [6.45, 7) is 3.04. The molecule has 2 aromatic carbocycles. The summed E-state index contributed by atoms with van der Waals surface area (Å²) in [4.78, 5) is 13.5. The number of rotatable bonds is 8. The van der Waals surface area contributed by atoms with Gasteiger partial charge in [0.25, 0.3) is 0 Å². The number of thiazole rings is 1. The Morgan fingerprint density at radius 3 is 2.94 bits per heavy atom. The summed E-state index contributed by atoms with van der Waals surface area (Å²) in [6, 6.07) is 18.1. The molecule has 3 aromatic heterocycles. The minimum Gasteiger partial charge on any atom is -0.487 e. The van der Waals surface area contributed by atoms with Gasteiger partial charge in [0.1, 0.15) is 36.0 Å². The second-order valence-corrected chi connectivity index (χ2v) is 8.21. The average molecular weight is 444 g/mol. The maximum atomic E-state index is 5.79. The summed E-state index contributed by atoms with van der Waals surface area (Å²) in [5, 5.41) is 7.29. The van der Waals surface area contributed by atoms with Gasteiger partial charge in [-0.2, -0.15) is 0 Å². The van der Waals surface area contributed by atoms with Gasteiger partial charge in [-0.3, -0.25) is 0 Å². The molecule has 0 aliphatic carbocycles. The van der Waals surface area contributed by atoms with Gasteiger partial charge in [-0.1, -0.05) is 23.4 Å². The van der Waals surface area contributed by atoms with E-state index < -0.39 is 0 Å². The lowest BCUT2D eigenvalue weighted by Gasteiger charge is -2.10. The number of ether oxygens (including phenoxy) is 1. The first-order valence-corrected chi connectivity index (χ1v) is 11.1. The zero-order valence-electron chi connectivity index (χ0n) is 17.5. The molecule has 0 atom stereocenters. The molecule has 5 rings (SSSR count). The molecular formula is C24H21N5O2S. The summed E-state index contributed by atoms with van der Waals surface area (Å²) in [5.41, 5.74) is 6.78. The Kier molecular flexibility index (Phi) is 5.76. The SMILES string of the molecule is Cc1nc(NCCc2cccc(OCc3ccon3)c2)cc(-c2ccc3ncsc3c2)n1. The topological polar surface area (TPSA) is 86.0 Å². The molecule has 0 aliphatic rings. The van der Waals surface area contributed by atoms with Crippen molar-refractivity contribution in [1.82, 2.24) is 20.1 Å². The molecule has 0 aliphatic heterocycles. The van der Waals surface area contributed by atoms with E-state index in [1.165, 1.54) is 5.56 Å². The van der Waals surface area contributed by atoms with Crippen LogP contribution in [-0.4, -0.2) is 26.7 Å². The third-order valence-corrected chi connectivity index (χ3v) is 5.75. The van der Waals surface area contributed by atoms with Crippen molar-refractivity contribution in [3.63, 3.8) is 0 Å². The highest BCUT2D eigenvalue weighted by atomic mass is 32.1. The molecule has 8 heteroatoms. The molecule has 5 aromatic rings. The number of aromatic nitrogens is 4. The van der Waals surface area contributed by atoms with Crippen LogP contribution in [0.25, 0.3) is 21.5 Å². The van der Waals surface area contributed by atoms with E-state index >= 15 is 0 Å². The van der Waals surface area contributed by atoms with Gasteiger partial charge in [-0.25, -0.2) is 15.0 Å². The van der Waals surface area contributed by atoms with Gasteiger partial charge in [0, 0.05) is 24.2 Å². The first-order valence-electron chi connectivity index (χ1n) is 10.3. The number of nitrogens with one attached hydrogen (secondary N) is 1. The summed E-state index contributed by atoms with van der Waals surface area (Å²) in [6.07, 6.45) is 2.38. The fourth-order valence-corrected chi connectivity index (χ4v) is 4.13. The van der Waals surface area contributed by atoms with Crippen LogP contribution in [0, 0.1) is 6.92 Å². The minimum absolute atomic E-state index is 0.383. The van der Waals surface area contributed by atoms with Crippen LogP contribution in [0.2, 0.25) is 0 Å². The highest BCUT2D eigenvalue weighted by Gasteiger charge is 2.07. The zero-order chi connectivity index (χ0) is 21.8. The van der Waals surface area contributed by atoms with Crippen LogP contribution in [0.15, 0.2) is 70.9 Å². The molecule has 0 bridgehead atoms. The molecule has 0 amide bonds. The zero-order valence-corrected chi connectivity index (χ0v) is 18.3. The van der Waals surface area contributed by atoms with Crippen LogP contribution in [0.5, 0.6) is 5.75 Å². The smallest absolute Gasteiger partial charge is 0.134 e. The van der Waals surface area contributed by atoms with Crippen molar-refractivity contribution in [2.45, 2.75) is 20.0 Å². The predicted molar refractivity (Wildman–Crippen MR) is 125 cm³/mol. The molecule has 1 N–H and O–H groups in total. The molecule has 0 spiro atoms. The summed E-state index contributed by atoms with van der Waals surface area (Å²) >= 11 is 1.63. The van der Waals surface area contributed by atoms with Crippen LogP contribution in [-0.2, 0) is 13.0 Å². The third kappa shape index (κ3) is 4.76. The number of aryl methyl sites for hydroxylation is 1. The fourth-order valence-electron chi connectivity index (χ4n) is 3.42. The van der Waals surface area contributed by atoms with Crippen molar-refractivity contribution in [1.29, 1.82) is 0 Å². The Hall–Kier alpha value is -3.78. The minimum atomic E-state index is 0.383. The van der Waals surface area contributed by atoms with Crippen molar-refractivity contribution in [3.05, 3.63) is 83.5 Å². The molecule has 160 valence electrons. The van der Waals surface area contributed by atoms with Gasteiger partial charge < -0.3 is 14.6 Å². The second-order valence-electron chi connectivity index (χ2n) is 7.32. The maximum Gasteiger partial charge on any atom is 0.134 e. The van der Waals surface area contributed by atoms with E-state index in [9.17, 15) is 0 Å². The average Bonchev–Trinajstić information content (AvgIpc) is 3.49. The van der Waals surface area contributed by atoms with Crippen LogP contribution in [0.3, 0.4) is 0 Å². The van der Waals surface area contributed by atoms with E-state index in [1.54, 1.807) is 23.7 Å². The summed E-state index contributed by atoms with van der Waals surface area (Å²) < 4.78 is 11.8. The van der Waals surface area contributed by atoms with E-state index in [-0.39, 0.29) is 0 Å². The van der Waals surface area contributed by atoms with Crippen molar-refractivity contribution in [2.75, 3.05) is 11.9 Å². The first kappa shape index (κ1) is 20.1. The highest BCUT2D eigenvalue weighted by Crippen LogP contribution is 2.26. The van der Waals surface area contributed by atoms with Crippen molar-refractivity contribution in [3.8, 4) is 17.0 Å². The van der Waals surface area contributed by atoms with Crippen LogP contribution < -0.4 is 10.1 Å². The largest absolute Gasteiger partial charge is 0.487 e. The number of hydrogen-bond acceptors (Lipinski definition) is 8. The summed E-state index contributed by atoms with van der Waals surface area (Å²) in [5.74, 6) is 2.36. The second kappa shape index (κ2) is 9.15. The Bertz CT molecular complexity index is 1330. The number of anilines is 1. The van der Waals surface area contributed by atoms with E-state index in [4.69, 9.17) is 9.26 Å². The quantitative estimate of drug-likeness (QED) is 0.349. The van der Waals surface area contributed by atoms with Gasteiger partial charge in [0.2, 0.25) is 0 Å². The molecule has 0 saturated heterocycles. The summed E-state index contributed by atoms with van der Waals surface area (Å²) in [7, 11) is 0. The van der Waals surface area contributed by atoms with Crippen LogP contribution >= 0.6 is 11.3 Å². The van der Waals surface area contributed by atoms with Crippen molar-refractivity contribution in [2.24, 2.45) is 0 Å². The molecule has 0 unspecified atom stereocenters. The van der Waals surface area contributed by atoms with E-state index in [1.807, 2.05) is 42.8 Å². The van der Waals surface area contributed by atoms with Crippen molar-refractivity contribution >= 4 is 27.4 Å². The first-order chi connectivity index (χ1) is 15.7. The highest BCUT2D eigenvalue weighted by molar-refractivity contribution is 7.16. The maximum absolute atomic E-state index is 5.79. The Morgan fingerprint density at radius 2 is 2.03 bits per heavy atom. The van der Waals surface area contributed by atoms with E-state index in [2.05, 4.69) is 43.6 Å². The van der Waals surface area contributed by atoms with Gasteiger partial charge in [0.15, 0.2) is 0 Å². The van der Waals surface area contributed by atoms with E-state index in [0.717, 1.165) is 57.5 Å². The molecule has 0 fully saturated rings. The lowest BCUT2D eigenvalue weighted by Crippen LogP contribution is -2.08. The normalized spacial score (nSPS) is 11.0. The van der Waals surface area contributed by atoms with Gasteiger partial charge in [0.05, 0.1) is 21.4 Å². The Morgan fingerprint density at radius 1 is 1.06 bits per heavy atom. The number of nitrogens with zero attached hydrogens (tertiary/aromatic N) is 4. The van der Waals surface area contributed by atoms with Gasteiger partial charge in [-0.15, -0.1) is 11.3 Å². The third-order valence-electron chi connectivity index (χ3n) is 4.96. The Balaban J connectivity index is 1.23. The number of benzene rings is 2. The van der Waals surface area contributed by atoms with Crippen LogP contribution in [0.1, 0.15) is 17.1 Å². The fraction of sp³-hybridized carbons (Fsp3) is 0.167. The monoisotopic (exact) mass is 443 g/mol. The molecular weight excluding hydrogens is 422 g/mol. The van der Waals surface area contributed by atoms with Gasteiger partial charge in [-0.05, 0) is 43.2 Å². The lowest BCUT2D eigenvalue weighted by molar-refractivity contribution is 0.289. The molecule has 32 heavy (non-hydrogen) atoms. The van der Waals surface area contributed by atoms with Gasteiger partial charge >= 0.3 is 0 Å². The lowest BCUT2D eigenvalue weighted by atomic mass is 10.1. The predicted octanol–water partition coefficient (Wildman–Crippen LogP) is 5.28.